The lowest BCUT2D eigenvalue weighted by atomic mass is 9.79. The highest BCUT2D eigenvalue weighted by atomic mass is 35.5. The van der Waals surface area contributed by atoms with E-state index in [9.17, 15) is 0 Å². The molecule has 0 spiro atoms. The molecule has 1 aromatic rings. The van der Waals surface area contributed by atoms with Crippen molar-refractivity contribution in [2.24, 2.45) is 11.3 Å². The summed E-state index contributed by atoms with van der Waals surface area (Å²) in [5, 5.41) is 0. The summed E-state index contributed by atoms with van der Waals surface area (Å²) in [5.74, 6) is 1.66. The first-order valence-corrected chi connectivity index (χ1v) is 8.73. The lowest BCUT2D eigenvalue weighted by Gasteiger charge is -2.26. The Morgan fingerprint density at radius 1 is 1.00 bits per heavy atom. The summed E-state index contributed by atoms with van der Waals surface area (Å²) in [4.78, 5) is 2.11. The molecule has 0 amide bonds. The predicted octanol–water partition coefficient (Wildman–Crippen LogP) is 4.68. The van der Waals surface area contributed by atoms with E-state index in [1.165, 1.54) is 12.0 Å². The van der Waals surface area contributed by atoms with Crippen molar-refractivity contribution in [2.45, 2.75) is 40.5 Å². The van der Waals surface area contributed by atoms with Crippen molar-refractivity contribution in [2.75, 3.05) is 40.5 Å². The van der Waals surface area contributed by atoms with Gasteiger partial charge in [0, 0.05) is 6.54 Å². The van der Waals surface area contributed by atoms with Crippen molar-refractivity contribution < 1.29 is 9.47 Å². The van der Waals surface area contributed by atoms with Crippen LogP contribution in [-0.4, -0.2) is 45.4 Å². The van der Waals surface area contributed by atoms with Gasteiger partial charge in [-0.25, -0.2) is 0 Å². The monoisotopic (exact) mass is 357 g/mol. The van der Waals surface area contributed by atoms with Crippen LogP contribution in [0.5, 0.6) is 5.75 Å². The van der Waals surface area contributed by atoms with Gasteiger partial charge in [-0.15, -0.1) is 12.4 Å². The molecule has 0 atom stereocenters. The van der Waals surface area contributed by atoms with Gasteiger partial charge < -0.3 is 14.4 Å². The number of hydrogen-bond acceptors (Lipinski definition) is 3. The van der Waals surface area contributed by atoms with Crippen LogP contribution in [0, 0.1) is 11.3 Å². The zero-order valence-corrected chi connectivity index (χ0v) is 17.1. The van der Waals surface area contributed by atoms with E-state index in [-0.39, 0.29) is 12.4 Å². The molecule has 0 unspecified atom stereocenters. The highest BCUT2D eigenvalue weighted by Gasteiger charge is 2.19. The molecule has 3 nitrogen and oxygen atoms in total. The van der Waals surface area contributed by atoms with Gasteiger partial charge in [0.25, 0.3) is 0 Å². The van der Waals surface area contributed by atoms with Gasteiger partial charge in [-0.2, -0.15) is 0 Å². The molecule has 0 aliphatic rings. The van der Waals surface area contributed by atoms with Gasteiger partial charge in [-0.1, -0.05) is 39.8 Å². The first kappa shape index (κ1) is 23.2. The second-order valence-corrected chi connectivity index (χ2v) is 7.85. The minimum atomic E-state index is 0. The molecule has 1 rings (SSSR count). The maximum atomic E-state index is 5.72. The Balaban J connectivity index is 0.00000529. The lowest BCUT2D eigenvalue weighted by molar-refractivity contribution is 0.0890. The number of hydrogen-bond donors (Lipinski definition) is 0. The van der Waals surface area contributed by atoms with E-state index in [4.69, 9.17) is 9.47 Å². The van der Waals surface area contributed by atoms with Crippen LogP contribution in [0.15, 0.2) is 24.3 Å². The first-order chi connectivity index (χ1) is 10.8. The predicted molar refractivity (Wildman–Crippen MR) is 105 cm³/mol. The van der Waals surface area contributed by atoms with Gasteiger partial charge in [0.1, 0.15) is 12.4 Å². The summed E-state index contributed by atoms with van der Waals surface area (Å²) in [6, 6.07) is 8.51. The quantitative estimate of drug-likeness (QED) is 0.537. The van der Waals surface area contributed by atoms with Gasteiger partial charge in [0.15, 0.2) is 0 Å². The summed E-state index contributed by atoms with van der Waals surface area (Å²) in [7, 11) is 4.09. The second kappa shape index (κ2) is 11.7. The SMILES string of the molecule is CC(C)CC(C)(C)Cc1ccc(OCCOCCN(C)C)cc1.Cl. The van der Waals surface area contributed by atoms with Crippen LogP contribution < -0.4 is 4.74 Å². The van der Waals surface area contributed by atoms with Crippen LogP contribution in [0.2, 0.25) is 0 Å². The summed E-state index contributed by atoms with van der Waals surface area (Å²) in [6.45, 7) is 12.2. The molecule has 0 saturated carbocycles. The molecule has 1 aromatic carbocycles. The Kier molecular flexibility index (Phi) is 11.4. The molecule has 0 aliphatic heterocycles. The summed E-state index contributed by atoms with van der Waals surface area (Å²) in [6.07, 6.45) is 2.36. The fourth-order valence-corrected chi connectivity index (χ4v) is 3.00. The van der Waals surface area contributed by atoms with E-state index in [2.05, 4.69) is 56.9 Å². The molecule has 0 N–H and O–H groups in total. The average molecular weight is 358 g/mol. The minimum absolute atomic E-state index is 0. The molecule has 4 heteroatoms. The van der Waals surface area contributed by atoms with Crippen molar-refractivity contribution in [3.63, 3.8) is 0 Å². The van der Waals surface area contributed by atoms with E-state index >= 15 is 0 Å². The van der Waals surface area contributed by atoms with Gasteiger partial charge >= 0.3 is 0 Å². The zero-order chi connectivity index (χ0) is 17.3. The number of benzene rings is 1. The molecule has 0 aliphatic carbocycles. The van der Waals surface area contributed by atoms with Crippen molar-refractivity contribution in [1.29, 1.82) is 0 Å². The molecule has 0 aromatic heterocycles. The summed E-state index contributed by atoms with van der Waals surface area (Å²) in [5.41, 5.74) is 1.72. The molecular formula is C20H36ClNO2. The molecule has 140 valence electrons. The minimum Gasteiger partial charge on any atom is -0.491 e. The van der Waals surface area contributed by atoms with E-state index in [0.717, 1.165) is 31.2 Å². The highest BCUT2D eigenvalue weighted by Crippen LogP contribution is 2.30. The summed E-state index contributed by atoms with van der Waals surface area (Å²) >= 11 is 0. The third-order valence-corrected chi connectivity index (χ3v) is 3.75. The number of halogens is 1. The summed E-state index contributed by atoms with van der Waals surface area (Å²) < 4.78 is 11.3. The molecule has 0 bridgehead atoms. The molecule has 0 radical (unpaired) electrons. The first-order valence-electron chi connectivity index (χ1n) is 8.73. The van der Waals surface area contributed by atoms with Crippen LogP contribution in [0.25, 0.3) is 0 Å². The van der Waals surface area contributed by atoms with E-state index in [1.54, 1.807) is 0 Å². The Morgan fingerprint density at radius 2 is 1.62 bits per heavy atom. The molecule has 0 saturated heterocycles. The number of nitrogens with zero attached hydrogens (tertiary/aromatic N) is 1. The van der Waals surface area contributed by atoms with Crippen LogP contribution >= 0.6 is 12.4 Å². The Labute approximate surface area is 155 Å². The maximum absolute atomic E-state index is 5.72. The fourth-order valence-electron chi connectivity index (χ4n) is 3.00. The van der Waals surface area contributed by atoms with Crippen LogP contribution in [0.3, 0.4) is 0 Å². The van der Waals surface area contributed by atoms with Gasteiger partial charge in [-0.05, 0) is 56.0 Å². The van der Waals surface area contributed by atoms with Gasteiger partial charge in [0.2, 0.25) is 0 Å². The molecule has 0 heterocycles. The Hall–Kier alpha value is -0.770. The molecular weight excluding hydrogens is 322 g/mol. The van der Waals surface area contributed by atoms with E-state index in [0.29, 0.717) is 18.6 Å². The standard InChI is InChI=1S/C20H35NO2.ClH/c1-17(2)15-20(3,4)16-18-7-9-19(10-8-18)23-14-13-22-12-11-21(5)6;/h7-10,17H,11-16H2,1-6H3;1H. The van der Waals surface area contributed by atoms with Crippen molar-refractivity contribution in [3.05, 3.63) is 29.8 Å². The Morgan fingerprint density at radius 3 is 2.17 bits per heavy atom. The second-order valence-electron chi connectivity index (χ2n) is 7.85. The third-order valence-electron chi connectivity index (χ3n) is 3.75. The number of ether oxygens (including phenoxy) is 2. The van der Waals surface area contributed by atoms with Crippen LogP contribution in [-0.2, 0) is 11.2 Å². The van der Waals surface area contributed by atoms with Crippen LogP contribution in [0.4, 0.5) is 0 Å². The third kappa shape index (κ3) is 10.9. The van der Waals surface area contributed by atoms with Gasteiger partial charge in [0.05, 0.1) is 13.2 Å². The maximum Gasteiger partial charge on any atom is 0.119 e. The number of rotatable bonds is 11. The van der Waals surface area contributed by atoms with E-state index in [1.807, 2.05) is 14.1 Å². The van der Waals surface area contributed by atoms with Gasteiger partial charge in [-0.3, -0.25) is 0 Å². The molecule has 24 heavy (non-hydrogen) atoms. The zero-order valence-electron chi connectivity index (χ0n) is 16.3. The van der Waals surface area contributed by atoms with Crippen molar-refractivity contribution in [3.8, 4) is 5.75 Å². The highest BCUT2D eigenvalue weighted by molar-refractivity contribution is 5.85. The van der Waals surface area contributed by atoms with Crippen molar-refractivity contribution in [1.82, 2.24) is 4.90 Å². The number of likely N-dealkylation sites (N-methyl/N-ethyl adjacent to an activating group) is 1. The molecule has 0 fully saturated rings. The topological polar surface area (TPSA) is 21.7 Å². The fraction of sp³-hybridized carbons (Fsp3) is 0.700. The average Bonchev–Trinajstić information content (AvgIpc) is 2.42. The van der Waals surface area contributed by atoms with E-state index < -0.39 is 0 Å². The van der Waals surface area contributed by atoms with Crippen molar-refractivity contribution >= 4 is 12.4 Å². The smallest absolute Gasteiger partial charge is 0.119 e. The Bertz CT molecular complexity index is 430. The van der Waals surface area contributed by atoms with Crippen LogP contribution in [0.1, 0.15) is 39.7 Å². The largest absolute Gasteiger partial charge is 0.491 e. The normalized spacial score (nSPS) is 11.7. The lowest BCUT2D eigenvalue weighted by Crippen LogP contribution is -2.19.